The topological polar surface area (TPSA) is 77.8 Å². The number of nitrogens with two attached hydrogens (primary N) is 1. The van der Waals surface area contributed by atoms with Gasteiger partial charge in [0.25, 0.3) is 11.8 Å². The van der Waals surface area contributed by atoms with Gasteiger partial charge in [-0.25, -0.2) is 0 Å². The maximum absolute atomic E-state index is 5.30. The first-order chi connectivity index (χ1) is 6.25. The van der Waals surface area contributed by atoms with Crippen molar-refractivity contribution in [3.8, 4) is 11.6 Å². The van der Waals surface area contributed by atoms with Crippen LogP contribution in [0.4, 0.5) is 5.95 Å². The molecule has 0 amide bonds. The van der Waals surface area contributed by atoms with Crippen molar-refractivity contribution in [2.45, 2.75) is 6.92 Å². The number of pyridine rings is 1. The fourth-order valence-electron chi connectivity index (χ4n) is 0.933. The Hall–Kier alpha value is -1.91. The molecule has 0 fully saturated rings. The van der Waals surface area contributed by atoms with Gasteiger partial charge in [0.05, 0.1) is 0 Å². The number of nitrogen functional groups attached to an aromatic ring is 1. The zero-order valence-corrected chi connectivity index (χ0v) is 7.06. The second-order valence-corrected chi connectivity index (χ2v) is 2.68. The molecule has 0 aliphatic rings. The average Bonchev–Trinajstić information content (AvgIpc) is 2.53. The molecule has 0 radical (unpaired) electrons. The molecule has 2 aromatic heterocycles. The zero-order chi connectivity index (χ0) is 9.26. The molecule has 66 valence electrons. The molecule has 0 bridgehead atoms. The predicted molar refractivity (Wildman–Crippen MR) is 46.7 cm³/mol. The quantitative estimate of drug-likeness (QED) is 0.701. The molecule has 2 N–H and O–H groups in total. The Morgan fingerprint density at radius 2 is 2.23 bits per heavy atom. The van der Waals surface area contributed by atoms with Crippen molar-refractivity contribution in [1.82, 2.24) is 15.1 Å². The van der Waals surface area contributed by atoms with E-state index in [1.165, 1.54) is 0 Å². The van der Waals surface area contributed by atoms with E-state index in [0.717, 1.165) is 5.56 Å². The normalized spacial score (nSPS) is 10.2. The minimum absolute atomic E-state index is 0.123. The fourth-order valence-corrected chi connectivity index (χ4v) is 0.933. The standard InChI is InChI=1S/C8H8N4O/c1-5-2-3-6(10-4-5)7-11-8(9)12-13-7/h2-4H,1H3,(H2,9,12). The Morgan fingerprint density at radius 1 is 1.38 bits per heavy atom. The summed E-state index contributed by atoms with van der Waals surface area (Å²) in [7, 11) is 0. The minimum atomic E-state index is 0.123. The minimum Gasteiger partial charge on any atom is -0.365 e. The Kier molecular flexibility index (Phi) is 1.70. The van der Waals surface area contributed by atoms with Crippen molar-refractivity contribution in [3.05, 3.63) is 23.9 Å². The van der Waals surface area contributed by atoms with Crippen LogP contribution < -0.4 is 5.73 Å². The molecular formula is C8H8N4O. The molecule has 0 saturated heterocycles. The lowest BCUT2D eigenvalue weighted by Gasteiger charge is -1.92. The van der Waals surface area contributed by atoms with E-state index < -0.39 is 0 Å². The molecule has 13 heavy (non-hydrogen) atoms. The third-order valence-electron chi connectivity index (χ3n) is 1.57. The number of nitrogens with zero attached hydrogens (tertiary/aromatic N) is 3. The summed E-state index contributed by atoms with van der Waals surface area (Å²) in [4.78, 5) is 7.96. The van der Waals surface area contributed by atoms with Gasteiger partial charge in [0.15, 0.2) is 0 Å². The number of hydrogen-bond donors (Lipinski definition) is 1. The van der Waals surface area contributed by atoms with E-state index in [1.807, 2.05) is 19.1 Å². The molecule has 5 heteroatoms. The number of anilines is 1. The first kappa shape index (κ1) is 7.72. The highest BCUT2D eigenvalue weighted by atomic mass is 16.5. The molecule has 0 aromatic carbocycles. The van der Waals surface area contributed by atoms with E-state index in [0.29, 0.717) is 11.6 Å². The Bertz CT molecular complexity index is 406. The van der Waals surface area contributed by atoms with Crippen LogP contribution in [0.2, 0.25) is 0 Å². The van der Waals surface area contributed by atoms with Gasteiger partial charge >= 0.3 is 0 Å². The maximum Gasteiger partial charge on any atom is 0.278 e. The lowest BCUT2D eigenvalue weighted by Crippen LogP contribution is -1.87. The summed E-state index contributed by atoms with van der Waals surface area (Å²) in [5.41, 5.74) is 7.02. The molecule has 0 spiro atoms. The molecule has 5 nitrogen and oxygen atoms in total. The third kappa shape index (κ3) is 1.48. The van der Waals surface area contributed by atoms with E-state index in [1.54, 1.807) is 6.20 Å². The average molecular weight is 176 g/mol. The van der Waals surface area contributed by atoms with Crippen LogP contribution in [0.5, 0.6) is 0 Å². The SMILES string of the molecule is Cc1ccc(-c2nc(N)no2)nc1. The van der Waals surface area contributed by atoms with Gasteiger partial charge in [0, 0.05) is 6.20 Å². The summed E-state index contributed by atoms with van der Waals surface area (Å²) >= 11 is 0. The molecule has 0 atom stereocenters. The predicted octanol–water partition coefficient (Wildman–Crippen LogP) is 1.02. The largest absolute Gasteiger partial charge is 0.365 e. The van der Waals surface area contributed by atoms with Gasteiger partial charge in [-0.1, -0.05) is 6.07 Å². The van der Waals surface area contributed by atoms with Crippen LogP contribution in [-0.4, -0.2) is 15.1 Å². The van der Waals surface area contributed by atoms with Crippen molar-refractivity contribution >= 4 is 5.95 Å². The van der Waals surface area contributed by atoms with Gasteiger partial charge in [-0.3, -0.25) is 4.98 Å². The number of aryl methyl sites for hydroxylation is 1. The van der Waals surface area contributed by atoms with Crippen LogP contribution in [0.3, 0.4) is 0 Å². The summed E-state index contributed by atoms with van der Waals surface area (Å²) in [5.74, 6) is 0.467. The van der Waals surface area contributed by atoms with Crippen molar-refractivity contribution in [2.75, 3.05) is 5.73 Å². The van der Waals surface area contributed by atoms with Crippen LogP contribution in [0.1, 0.15) is 5.56 Å². The highest BCUT2D eigenvalue weighted by Crippen LogP contribution is 2.14. The lowest BCUT2D eigenvalue weighted by molar-refractivity contribution is 0.431. The first-order valence-corrected chi connectivity index (χ1v) is 3.78. The summed E-state index contributed by atoms with van der Waals surface area (Å²) in [6, 6.07) is 3.73. The molecule has 0 aliphatic carbocycles. The van der Waals surface area contributed by atoms with Crippen molar-refractivity contribution < 1.29 is 4.52 Å². The van der Waals surface area contributed by atoms with E-state index in [-0.39, 0.29) is 5.95 Å². The van der Waals surface area contributed by atoms with Gasteiger partial charge in [0.2, 0.25) is 0 Å². The molecule has 0 aliphatic heterocycles. The second kappa shape index (κ2) is 2.85. The monoisotopic (exact) mass is 176 g/mol. The zero-order valence-electron chi connectivity index (χ0n) is 7.06. The van der Waals surface area contributed by atoms with E-state index in [2.05, 4.69) is 15.1 Å². The third-order valence-corrected chi connectivity index (χ3v) is 1.57. The Labute approximate surface area is 74.6 Å². The first-order valence-electron chi connectivity index (χ1n) is 3.78. The van der Waals surface area contributed by atoms with Gasteiger partial charge in [-0.05, 0) is 23.7 Å². The molecule has 0 unspecified atom stereocenters. The van der Waals surface area contributed by atoms with Crippen LogP contribution in [0, 0.1) is 6.92 Å². The molecular weight excluding hydrogens is 168 g/mol. The highest BCUT2D eigenvalue weighted by Gasteiger charge is 2.06. The lowest BCUT2D eigenvalue weighted by atomic mass is 10.3. The van der Waals surface area contributed by atoms with Gasteiger partial charge in [-0.2, -0.15) is 4.98 Å². The van der Waals surface area contributed by atoms with Gasteiger partial charge in [-0.15, -0.1) is 0 Å². The van der Waals surface area contributed by atoms with Crippen LogP contribution in [0.25, 0.3) is 11.6 Å². The smallest absolute Gasteiger partial charge is 0.278 e. The van der Waals surface area contributed by atoms with E-state index in [4.69, 9.17) is 10.3 Å². The highest BCUT2D eigenvalue weighted by molar-refractivity contribution is 5.47. The summed E-state index contributed by atoms with van der Waals surface area (Å²) in [6.07, 6.45) is 1.73. The Balaban J connectivity index is 2.41. The summed E-state index contributed by atoms with van der Waals surface area (Å²) in [5, 5.41) is 3.47. The van der Waals surface area contributed by atoms with Crippen molar-refractivity contribution in [2.24, 2.45) is 0 Å². The van der Waals surface area contributed by atoms with E-state index in [9.17, 15) is 0 Å². The molecule has 2 aromatic rings. The van der Waals surface area contributed by atoms with Crippen molar-refractivity contribution in [3.63, 3.8) is 0 Å². The van der Waals surface area contributed by atoms with Crippen LogP contribution in [0.15, 0.2) is 22.9 Å². The van der Waals surface area contributed by atoms with Crippen LogP contribution in [-0.2, 0) is 0 Å². The van der Waals surface area contributed by atoms with Gasteiger partial charge < -0.3 is 10.3 Å². The van der Waals surface area contributed by atoms with E-state index >= 15 is 0 Å². The molecule has 2 rings (SSSR count). The van der Waals surface area contributed by atoms with Crippen LogP contribution >= 0.6 is 0 Å². The Morgan fingerprint density at radius 3 is 2.77 bits per heavy atom. The molecule has 2 heterocycles. The number of aromatic nitrogens is 3. The fraction of sp³-hybridized carbons (Fsp3) is 0.125. The molecule has 0 saturated carbocycles. The summed E-state index contributed by atoms with van der Waals surface area (Å²) in [6.45, 7) is 1.96. The summed E-state index contributed by atoms with van der Waals surface area (Å²) < 4.78 is 4.84. The number of rotatable bonds is 1. The van der Waals surface area contributed by atoms with Crippen molar-refractivity contribution in [1.29, 1.82) is 0 Å². The maximum atomic E-state index is 5.30. The second-order valence-electron chi connectivity index (χ2n) is 2.68. The van der Waals surface area contributed by atoms with Gasteiger partial charge in [0.1, 0.15) is 5.69 Å². The number of hydrogen-bond acceptors (Lipinski definition) is 5.